The molecule has 0 bridgehead atoms. The Labute approximate surface area is 160 Å². The van der Waals surface area contributed by atoms with Crippen molar-refractivity contribution in [2.45, 2.75) is 0 Å². The van der Waals surface area contributed by atoms with Gasteiger partial charge in [-0.1, -0.05) is 63.7 Å². The molecule has 0 spiro atoms. The molecule has 0 aliphatic heterocycles. The summed E-state index contributed by atoms with van der Waals surface area (Å²) in [6, 6.07) is 11.5. The molecule has 8 heteroatoms. The van der Waals surface area contributed by atoms with Crippen molar-refractivity contribution in [2.24, 2.45) is 0 Å². The molecule has 0 fully saturated rings. The van der Waals surface area contributed by atoms with Crippen LogP contribution in [0.5, 0.6) is 0 Å². The van der Waals surface area contributed by atoms with Gasteiger partial charge in [0, 0.05) is 29.0 Å². The van der Waals surface area contributed by atoms with E-state index in [1.54, 1.807) is 0 Å². The van der Waals surface area contributed by atoms with Crippen molar-refractivity contribution < 1.29 is 0 Å². The zero-order chi connectivity index (χ0) is 15.7. The number of halogens is 4. The molecular weight excluding hydrogens is 544 g/mol. The van der Waals surface area contributed by atoms with Gasteiger partial charge < -0.3 is 0 Å². The summed E-state index contributed by atoms with van der Waals surface area (Å²) in [7, 11) is 0. The Morgan fingerprint density at radius 1 is 0.455 bits per heavy atom. The SMILES string of the molecule is Brc1cc(Br)cc(-c2nnc(-c3cc(Br)cc(Br)c3)nn2)c1. The average molecular weight is 550 g/mol. The summed E-state index contributed by atoms with van der Waals surface area (Å²) >= 11 is 13.8. The van der Waals surface area contributed by atoms with E-state index in [-0.39, 0.29) is 0 Å². The predicted octanol–water partition coefficient (Wildman–Crippen LogP) is 5.65. The Bertz CT molecular complexity index is 726. The lowest BCUT2D eigenvalue weighted by atomic mass is 10.2. The van der Waals surface area contributed by atoms with E-state index in [9.17, 15) is 0 Å². The van der Waals surface area contributed by atoms with Crippen molar-refractivity contribution in [2.75, 3.05) is 0 Å². The van der Waals surface area contributed by atoms with Gasteiger partial charge >= 0.3 is 0 Å². The van der Waals surface area contributed by atoms with Crippen LogP contribution in [-0.4, -0.2) is 20.4 Å². The lowest BCUT2D eigenvalue weighted by Crippen LogP contribution is -1.99. The van der Waals surface area contributed by atoms with Crippen LogP contribution in [0.25, 0.3) is 22.8 Å². The highest BCUT2D eigenvalue weighted by atomic mass is 79.9. The highest BCUT2D eigenvalue weighted by Gasteiger charge is 2.09. The summed E-state index contributed by atoms with van der Waals surface area (Å²) < 4.78 is 3.72. The molecule has 3 aromatic rings. The maximum absolute atomic E-state index is 4.17. The van der Waals surface area contributed by atoms with Crippen molar-refractivity contribution in [3.05, 3.63) is 54.3 Å². The molecule has 4 nitrogen and oxygen atoms in total. The van der Waals surface area contributed by atoms with Crippen LogP contribution in [0.2, 0.25) is 0 Å². The van der Waals surface area contributed by atoms with Gasteiger partial charge in [-0.05, 0) is 36.4 Å². The third-order valence-electron chi connectivity index (χ3n) is 2.72. The summed E-state index contributed by atoms with van der Waals surface area (Å²) in [4.78, 5) is 0. The molecular formula is C14H6Br4N4. The Balaban J connectivity index is 1.98. The van der Waals surface area contributed by atoms with Gasteiger partial charge in [-0.15, -0.1) is 20.4 Å². The molecule has 3 rings (SSSR count). The largest absolute Gasteiger partial charge is 0.203 e. The Kier molecular flexibility index (Phi) is 5.01. The van der Waals surface area contributed by atoms with E-state index in [2.05, 4.69) is 84.1 Å². The molecule has 0 N–H and O–H groups in total. The summed E-state index contributed by atoms with van der Waals surface area (Å²) in [5, 5.41) is 16.7. The molecule has 0 saturated heterocycles. The van der Waals surface area contributed by atoms with Gasteiger partial charge in [0.05, 0.1) is 0 Å². The van der Waals surface area contributed by atoms with E-state index in [4.69, 9.17) is 0 Å². The Morgan fingerprint density at radius 2 is 0.727 bits per heavy atom. The van der Waals surface area contributed by atoms with E-state index in [0.29, 0.717) is 11.6 Å². The zero-order valence-corrected chi connectivity index (χ0v) is 17.1. The summed E-state index contributed by atoms with van der Waals surface area (Å²) in [6.45, 7) is 0. The molecule has 0 amide bonds. The number of aromatic nitrogens is 4. The van der Waals surface area contributed by atoms with Crippen molar-refractivity contribution in [1.29, 1.82) is 0 Å². The predicted molar refractivity (Wildman–Crippen MR) is 99.3 cm³/mol. The van der Waals surface area contributed by atoms with E-state index >= 15 is 0 Å². The molecule has 0 unspecified atom stereocenters. The monoisotopic (exact) mass is 546 g/mol. The van der Waals surface area contributed by atoms with Gasteiger partial charge in [0.15, 0.2) is 0 Å². The first-order valence-corrected chi connectivity index (χ1v) is 9.19. The van der Waals surface area contributed by atoms with Crippen LogP contribution in [0.3, 0.4) is 0 Å². The number of rotatable bonds is 2. The van der Waals surface area contributed by atoms with Gasteiger partial charge in [-0.25, -0.2) is 0 Å². The van der Waals surface area contributed by atoms with Crippen LogP contribution in [0.1, 0.15) is 0 Å². The summed E-state index contributed by atoms with van der Waals surface area (Å²) in [5.74, 6) is 0.944. The maximum Gasteiger partial charge on any atom is 0.203 e. The topological polar surface area (TPSA) is 51.6 Å². The minimum atomic E-state index is 0.472. The van der Waals surface area contributed by atoms with E-state index in [0.717, 1.165) is 29.0 Å². The first-order valence-electron chi connectivity index (χ1n) is 6.01. The molecule has 1 aromatic heterocycles. The molecule has 0 aliphatic carbocycles. The van der Waals surface area contributed by atoms with Crippen LogP contribution in [0.4, 0.5) is 0 Å². The fourth-order valence-corrected chi connectivity index (χ4v) is 4.41. The van der Waals surface area contributed by atoms with Gasteiger partial charge in [0.1, 0.15) is 0 Å². The third kappa shape index (κ3) is 3.79. The van der Waals surface area contributed by atoms with Crippen LogP contribution in [-0.2, 0) is 0 Å². The van der Waals surface area contributed by atoms with Crippen molar-refractivity contribution in [1.82, 2.24) is 20.4 Å². The molecule has 110 valence electrons. The molecule has 0 saturated carbocycles. The van der Waals surface area contributed by atoms with Gasteiger partial charge in [0.25, 0.3) is 0 Å². The van der Waals surface area contributed by atoms with E-state index in [1.165, 1.54) is 0 Å². The Morgan fingerprint density at radius 3 is 1.00 bits per heavy atom. The quantitative estimate of drug-likeness (QED) is 0.415. The third-order valence-corrected chi connectivity index (χ3v) is 4.55. The number of nitrogens with zero attached hydrogens (tertiary/aromatic N) is 4. The second kappa shape index (κ2) is 6.82. The minimum Gasteiger partial charge on any atom is -0.126 e. The van der Waals surface area contributed by atoms with Crippen molar-refractivity contribution in [3.8, 4) is 22.8 Å². The molecule has 2 aromatic carbocycles. The fourth-order valence-electron chi connectivity index (χ4n) is 1.83. The van der Waals surface area contributed by atoms with Crippen molar-refractivity contribution in [3.63, 3.8) is 0 Å². The fraction of sp³-hybridized carbons (Fsp3) is 0. The normalized spacial score (nSPS) is 10.7. The smallest absolute Gasteiger partial charge is 0.126 e. The lowest BCUT2D eigenvalue weighted by Gasteiger charge is -2.03. The maximum atomic E-state index is 4.17. The first kappa shape index (κ1) is 16.2. The first-order chi connectivity index (χ1) is 10.5. The van der Waals surface area contributed by atoms with Crippen LogP contribution >= 0.6 is 63.7 Å². The highest BCUT2D eigenvalue weighted by Crippen LogP contribution is 2.27. The zero-order valence-electron chi connectivity index (χ0n) is 10.8. The van der Waals surface area contributed by atoms with Gasteiger partial charge in [0.2, 0.25) is 11.6 Å². The van der Waals surface area contributed by atoms with Gasteiger partial charge in [-0.2, -0.15) is 0 Å². The molecule has 1 heterocycles. The highest BCUT2D eigenvalue weighted by molar-refractivity contribution is 9.11. The summed E-state index contributed by atoms with van der Waals surface area (Å²) in [5.41, 5.74) is 1.67. The number of benzene rings is 2. The molecule has 0 aliphatic rings. The Hall–Kier alpha value is -0.700. The average Bonchev–Trinajstić information content (AvgIpc) is 2.45. The lowest BCUT2D eigenvalue weighted by molar-refractivity contribution is 0.876. The second-order valence-corrected chi connectivity index (χ2v) is 8.03. The van der Waals surface area contributed by atoms with E-state index in [1.807, 2.05) is 36.4 Å². The van der Waals surface area contributed by atoms with Gasteiger partial charge in [-0.3, -0.25) is 0 Å². The molecule has 22 heavy (non-hydrogen) atoms. The van der Waals surface area contributed by atoms with E-state index < -0.39 is 0 Å². The number of hydrogen-bond donors (Lipinski definition) is 0. The van der Waals surface area contributed by atoms with Crippen LogP contribution < -0.4 is 0 Å². The second-order valence-electron chi connectivity index (χ2n) is 4.36. The molecule has 0 radical (unpaired) electrons. The van der Waals surface area contributed by atoms with Crippen LogP contribution in [0.15, 0.2) is 54.3 Å². The summed E-state index contributed by atoms with van der Waals surface area (Å²) in [6.07, 6.45) is 0. The van der Waals surface area contributed by atoms with Crippen molar-refractivity contribution >= 4 is 63.7 Å². The molecule has 0 atom stereocenters. The number of hydrogen-bond acceptors (Lipinski definition) is 4. The van der Waals surface area contributed by atoms with Crippen LogP contribution in [0, 0.1) is 0 Å². The standard InChI is InChI=1S/C14H6Br4N4/c15-9-1-7(2-10(16)5-9)13-19-21-14(22-20-13)8-3-11(17)6-12(18)4-8/h1-6H. The minimum absolute atomic E-state index is 0.472.